The summed E-state index contributed by atoms with van der Waals surface area (Å²) in [4.78, 5) is 24.3. The molecule has 4 heteroatoms. The van der Waals surface area contributed by atoms with Crippen molar-refractivity contribution in [1.29, 1.82) is 0 Å². The number of carbonyl (C=O) groups is 2. The van der Waals surface area contributed by atoms with Crippen LogP contribution in [0, 0.1) is 0 Å². The maximum atomic E-state index is 12.0. The van der Waals surface area contributed by atoms with E-state index in [1.54, 1.807) is 0 Å². The van der Waals surface area contributed by atoms with Gasteiger partial charge in [0.2, 0.25) is 5.91 Å². The van der Waals surface area contributed by atoms with Gasteiger partial charge in [0.1, 0.15) is 0 Å². The Labute approximate surface area is 113 Å². The minimum atomic E-state index is -0.792. The molecule has 4 nitrogen and oxygen atoms in total. The highest BCUT2D eigenvalue weighted by molar-refractivity contribution is 5.76. The van der Waals surface area contributed by atoms with Crippen molar-refractivity contribution >= 4 is 11.9 Å². The molecule has 0 atom stereocenters. The molecule has 1 aromatic carbocycles. The lowest BCUT2D eigenvalue weighted by atomic mass is 9.99. The van der Waals surface area contributed by atoms with Crippen molar-refractivity contribution in [1.82, 2.24) is 4.90 Å². The zero-order valence-electron chi connectivity index (χ0n) is 11.0. The van der Waals surface area contributed by atoms with E-state index >= 15 is 0 Å². The van der Waals surface area contributed by atoms with Crippen molar-refractivity contribution < 1.29 is 14.7 Å². The van der Waals surface area contributed by atoms with Crippen LogP contribution in [-0.4, -0.2) is 28.4 Å². The number of aliphatic carboxylic acids is 1. The fraction of sp³-hybridized carbons (Fsp3) is 0.467. The van der Waals surface area contributed by atoms with Crippen LogP contribution < -0.4 is 0 Å². The van der Waals surface area contributed by atoms with Crippen molar-refractivity contribution in [2.75, 3.05) is 6.54 Å². The standard InChI is InChI=1S/C15H19NO3/c17-14(7-3-4-8-15(18)19)16-10-9-12-5-1-2-6-13(12)11-16/h1-2,5-6H,3-4,7-11H2,(H,18,19). The minimum Gasteiger partial charge on any atom is -0.481 e. The summed E-state index contributed by atoms with van der Waals surface area (Å²) in [5.41, 5.74) is 2.56. The molecule has 0 spiro atoms. The summed E-state index contributed by atoms with van der Waals surface area (Å²) >= 11 is 0. The lowest BCUT2D eigenvalue weighted by Gasteiger charge is -2.29. The van der Waals surface area contributed by atoms with Gasteiger partial charge >= 0.3 is 5.97 Å². The van der Waals surface area contributed by atoms with Crippen LogP contribution in [0.1, 0.15) is 36.8 Å². The van der Waals surface area contributed by atoms with Crippen LogP contribution in [0.25, 0.3) is 0 Å². The van der Waals surface area contributed by atoms with E-state index in [0.29, 0.717) is 25.8 Å². The maximum absolute atomic E-state index is 12.0. The summed E-state index contributed by atoms with van der Waals surface area (Å²) in [6, 6.07) is 8.21. The summed E-state index contributed by atoms with van der Waals surface area (Å²) in [6.45, 7) is 1.46. The number of fused-ring (bicyclic) bond motifs is 1. The molecule has 1 N–H and O–H groups in total. The predicted molar refractivity (Wildman–Crippen MR) is 71.7 cm³/mol. The fourth-order valence-corrected chi connectivity index (χ4v) is 2.42. The largest absolute Gasteiger partial charge is 0.481 e. The molecule has 1 aromatic rings. The zero-order chi connectivity index (χ0) is 13.7. The van der Waals surface area contributed by atoms with Gasteiger partial charge in [0.25, 0.3) is 0 Å². The van der Waals surface area contributed by atoms with Crippen LogP contribution in [0.2, 0.25) is 0 Å². The number of hydrogen-bond acceptors (Lipinski definition) is 2. The van der Waals surface area contributed by atoms with Gasteiger partial charge in [-0.05, 0) is 30.4 Å². The van der Waals surface area contributed by atoms with E-state index in [9.17, 15) is 9.59 Å². The van der Waals surface area contributed by atoms with Crippen LogP contribution >= 0.6 is 0 Å². The molecular weight excluding hydrogens is 242 g/mol. The zero-order valence-corrected chi connectivity index (χ0v) is 11.0. The van der Waals surface area contributed by atoms with Gasteiger partial charge in [-0.2, -0.15) is 0 Å². The second-order valence-electron chi connectivity index (χ2n) is 4.93. The molecule has 0 saturated carbocycles. The first kappa shape index (κ1) is 13.6. The van der Waals surface area contributed by atoms with E-state index in [2.05, 4.69) is 12.1 Å². The Hall–Kier alpha value is -1.84. The van der Waals surface area contributed by atoms with E-state index in [4.69, 9.17) is 5.11 Å². The number of nitrogens with zero attached hydrogens (tertiary/aromatic N) is 1. The number of benzene rings is 1. The fourth-order valence-electron chi connectivity index (χ4n) is 2.42. The van der Waals surface area contributed by atoms with Gasteiger partial charge in [-0.15, -0.1) is 0 Å². The number of carboxylic acids is 1. The molecule has 0 aliphatic carbocycles. The highest BCUT2D eigenvalue weighted by Crippen LogP contribution is 2.19. The molecule has 1 aliphatic rings. The molecule has 0 saturated heterocycles. The van der Waals surface area contributed by atoms with Gasteiger partial charge < -0.3 is 10.0 Å². The Kier molecular flexibility index (Phi) is 4.55. The van der Waals surface area contributed by atoms with E-state index in [1.807, 2.05) is 17.0 Å². The van der Waals surface area contributed by atoms with Crippen LogP contribution in [0.15, 0.2) is 24.3 Å². The van der Waals surface area contributed by atoms with Crippen LogP contribution in [0.4, 0.5) is 0 Å². The number of unbranched alkanes of at least 4 members (excludes halogenated alkanes) is 1. The second-order valence-corrected chi connectivity index (χ2v) is 4.93. The first-order valence-electron chi connectivity index (χ1n) is 6.73. The predicted octanol–water partition coefficient (Wildman–Crippen LogP) is 2.22. The summed E-state index contributed by atoms with van der Waals surface area (Å²) in [5.74, 6) is -0.653. The molecule has 0 fully saturated rings. The van der Waals surface area contributed by atoms with E-state index < -0.39 is 5.97 Å². The van der Waals surface area contributed by atoms with Crippen LogP contribution in [0.5, 0.6) is 0 Å². The number of carboxylic acid groups (broad SMARTS) is 1. The Morgan fingerprint density at radius 1 is 1.11 bits per heavy atom. The van der Waals surface area contributed by atoms with Gasteiger partial charge in [-0.3, -0.25) is 9.59 Å². The summed E-state index contributed by atoms with van der Waals surface area (Å²) in [5, 5.41) is 8.54. The molecule has 0 bridgehead atoms. The lowest BCUT2D eigenvalue weighted by molar-refractivity contribution is -0.137. The summed E-state index contributed by atoms with van der Waals surface area (Å²) in [6.07, 6.45) is 2.75. The molecule has 1 heterocycles. The summed E-state index contributed by atoms with van der Waals surface area (Å²) < 4.78 is 0. The Morgan fingerprint density at radius 3 is 2.53 bits per heavy atom. The molecule has 0 radical (unpaired) electrons. The van der Waals surface area contributed by atoms with E-state index in [1.165, 1.54) is 11.1 Å². The maximum Gasteiger partial charge on any atom is 0.303 e. The van der Waals surface area contributed by atoms with Gasteiger partial charge in [0.05, 0.1) is 0 Å². The van der Waals surface area contributed by atoms with Gasteiger partial charge in [-0.1, -0.05) is 24.3 Å². The average molecular weight is 261 g/mol. The molecule has 0 aromatic heterocycles. The molecule has 1 amide bonds. The first-order valence-corrected chi connectivity index (χ1v) is 6.73. The smallest absolute Gasteiger partial charge is 0.303 e. The van der Waals surface area contributed by atoms with Gasteiger partial charge in [0, 0.05) is 25.9 Å². The highest BCUT2D eigenvalue weighted by Gasteiger charge is 2.19. The molecule has 2 rings (SSSR count). The third kappa shape index (κ3) is 3.81. The SMILES string of the molecule is O=C(O)CCCCC(=O)N1CCc2ccccc2C1. The van der Waals surface area contributed by atoms with Crippen molar-refractivity contribution in [2.24, 2.45) is 0 Å². The lowest BCUT2D eigenvalue weighted by Crippen LogP contribution is -2.35. The van der Waals surface area contributed by atoms with Gasteiger partial charge in [-0.25, -0.2) is 0 Å². The first-order chi connectivity index (χ1) is 9.16. The van der Waals surface area contributed by atoms with Crippen LogP contribution in [-0.2, 0) is 22.6 Å². The minimum absolute atomic E-state index is 0.139. The van der Waals surface area contributed by atoms with E-state index in [-0.39, 0.29) is 12.3 Å². The molecule has 0 unspecified atom stereocenters. The number of rotatable bonds is 5. The topological polar surface area (TPSA) is 57.6 Å². The molecule has 102 valence electrons. The number of hydrogen-bond donors (Lipinski definition) is 1. The van der Waals surface area contributed by atoms with E-state index in [0.717, 1.165) is 13.0 Å². The quantitative estimate of drug-likeness (QED) is 0.827. The number of carbonyl (C=O) groups excluding carboxylic acids is 1. The Balaban J connectivity index is 1.80. The number of amides is 1. The van der Waals surface area contributed by atoms with Crippen molar-refractivity contribution in [3.63, 3.8) is 0 Å². The second kappa shape index (κ2) is 6.36. The van der Waals surface area contributed by atoms with Crippen LogP contribution in [0.3, 0.4) is 0 Å². The third-order valence-electron chi connectivity index (χ3n) is 3.51. The average Bonchev–Trinajstić information content (AvgIpc) is 2.42. The van der Waals surface area contributed by atoms with Crippen molar-refractivity contribution in [2.45, 2.75) is 38.6 Å². The molecule has 1 aliphatic heterocycles. The van der Waals surface area contributed by atoms with Crippen molar-refractivity contribution in [3.8, 4) is 0 Å². The molecular formula is C15H19NO3. The Morgan fingerprint density at radius 2 is 1.79 bits per heavy atom. The highest BCUT2D eigenvalue weighted by atomic mass is 16.4. The Bertz CT molecular complexity index is 470. The van der Waals surface area contributed by atoms with Gasteiger partial charge in [0.15, 0.2) is 0 Å². The molecule has 19 heavy (non-hydrogen) atoms. The normalized spacial score (nSPS) is 14.0. The third-order valence-corrected chi connectivity index (χ3v) is 3.51. The monoisotopic (exact) mass is 261 g/mol. The van der Waals surface area contributed by atoms with Crippen molar-refractivity contribution in [3.05, 3.63) is 35.4 Å². The summed E-state index contributed by atoms with van der Waals surface area (Å²) in [7, 11) is 0.